The molecule has 0 saturated heterocycles. The maximum atomic E-state index is 5.48. The minimum absolute atomic E-state index is 0.653. The van der Waals surface area contributed by atoms with E-state index in [0.29, 0.717) is 6.61 Å². The monoisotopic (exact) mass is 319 g/mol. The van der Waals surface area contributed by atoms with Crippen molar-refractivity contribution < 1.29 is 4.74 Å². The van der Waals surface area contributed by atoms with E-state index in [1.165, 1.54) is 11.1 Å². The Kier molecular flexibility index (Phi) is 5.43. The fraction of sp³-hybridized carbons (Fsp3) is 0.250. The number of ether oxygens (including phenoxy) is 1. The maximum absolute atomic E-state index is 5.48. The van der Waals surface area contributed by atoms with Gasteiger partial charge >= 0.3 is 0 Å². The average Bonchev–Trinajstić information content (AvgIpc) is 2.45. The number of benzene rings is 2. The van der Waals surface area contributed by atoms with Crippen LogP contribution in [0.2, 0.25) is 0 Å². The molecular formula is C16H18BrNO. The molecule has 0 aromatic heterocycles. The van der Waals surface area contributed by atoms with Gasteiger partial charge in [0.2, 0.25) is 0 Å². The Morgan fingerprint density at radius 2 is 1.79 bits per heavy atom. The summed E-state index contributed by atoms with van der Waals surface area (Å²) < 4.78 is 6.59. The molecule has 0 amide bonds. The van der Waals surface area contributed by atoms with Crippen LogP contribution in [0.5, 0.6) is 0 Å². The summed E-state index contributed by atoms with van der Waals surface area (Å²) >= 11 is 3.44. The third-order valence-electron chi connectivity index (χ3n) is 2.88. The van der Waals surface area contributed by atoms with Crippen molar-refractivity contribution in [1.82, 2.24) is 0 Å². The summed E-state index contributed by atoms with van der Waals surface area (Å²) in [4.78, 5) is 0. The zero-order valence-electron chi connectivity index (χ0n) is 11.0. The lowest BCUT2D eigenvalue weighted by Gasteiger charge is -2.12. The fourth-order valence-electron chi connectivity index (χ4n) is 1.83. The highest BCUT2D eigenvalue weighted by atomic mass is 79.9. The molecule has 0 radical (unpaired) electrons. The van der Waals surface area contributed by atoms with Gasteiger partial charge in [-0.3, -0.25) is 0 Å². The number of rotatable bonds is 6. The molecule has 19 heavy (non-hydrogen) atoms. The molecule has 100 valence electrons. The molecule has 0 fully saturated rings. The highest BCUT2D eigenvalue weighted by Crippen LogP contribution is 2.18. The highest BCUT2D eigenvalue weighted by Gasteiger charge is 2.01. The van der Waals surface area contributed by atoms with Gasteiger partial charge in [0.1, 0.15) is 0 Å². The summed E-state index contributed by atoms with van der Waals surface area (Å²) in [6.45, 7) is 4.22. The van der Waals surface area contributed by atoms with Gasteiger partial charge < -0.3 is 10.1 Å². The fourth-order valence-corrected chi connectivity index (χ4v) is 2.09. The van der Waals surface area contributed by atoms with Crippen molar-refractivity contribution in [3.63, 3.8) is 0 Å². The van der Waals surface area contributed by atoms with Crippen LogP contribution >= 0.6 is 15.9 Å². The normalized spacial score (nSPS) is 10.4. The van der Waals surface area contributed by atoms with Gasteiger partial charge in [-0.15, -0.1) is 0 Å². The Morgan fingerprint density at radius 3 is 2.53 bits per heavy atom. The molecule has 0 unspecified atom stereocenters. The van der Waals surface area contributed by atoms with Crippen molar-refractivity contribution in [2.75, 3.05) is 11.9 Å². The first kappa shape index (κ1) is 14.1. The van der Waals surface area contributed by atoms with Crippen molar-refractivity contribution >= 4 is 21.6 Å². The van der Waals surface area contributed by atoms with Crippen LogP contribution in [0.1, 0.15) is 18.1 Å². The van der Waals surface area contributed by atoms with Gasteiger partial charge in [0.15, 0.2) is 0 Å². The number of halogens is 1. The number of anilines is 1. The van der Waals surface area contributed by atoms with E-state index in [4.69, 9.17) is 4.74 Å². The van der Waals surface area contributed by atoms with Crippen LogP contribution in [-0.4, -0.2) is 6.61 Å². The molecule has 0 atom stereocenters. The van der Waals surface area contributed by atoms with Gasteiger partial charge in [0.25, 0.3) is 0 Å². The van der Waals surface area contributed by atoms with Crippen LogP contribution < -0.4 is 5.32 Å². The van der Waals surface area contributed by atoms with Gasteiger partial charge in [-0.1, -0.05) is 46.3 Å². The minimum Gasteiger partial charge on any atom is -0.381 e. The molecule has 0 bridgehead atoms. The molecule has 0 aliphatic rings. The van der Waals surface area contributed by atoms with E-state index in [2.05, 4.69) is 57.6 Å². The topological polar surface area (TPSA) is 21.3 Å². The van der Waals surface area contributed by atoms with Crippen LogP contribution in [0.15, 0.2) is 53.0 Å². The van der Waals surface area contributed by atoms with E-state index in [-0.39, 0.29) is 0 Å². The molecule has 0 spiro atoms. The first-order valence-electron chi connectivity index (χ1n) is 6.43. The minimum atomic E-state index is 0.653. The van der Waals surface area contributed by atoms with E-state index in [1.54, 1.807) is 0 Å². The molecule has 0 saturated carbocycles. The quantitative estimate of drug-likeness (QED) is 0.840. The summed E-state index contributed by atoms with van der Waals surface area (Å²) in [5, 5.41) is 3.46. The third kappa shape index (κ3) is 4.37. The Balaban J connectivity index is 2.00. The summed E-state index contributed by atoms with van der Waals surface area (Å²) in [5.74, 6) is 0. The lowest BCUT2D eigenvalue weighted by atomic mass is 10.1. The van der Waals surface area contributed by atoms with E-state index in [1.807, 2.05) is 19.1 Å². The van der Waals surface area contributed by atoms with Crippen LogP contribution in [-0.2, 0) is 17.9 Å². The van der Waals surface area contributed by atoms with E-state index in [9.17, 15) is 0 Å². The van der Waals surface area contributed by atoms with Gasteiger partial charge in [-0.05, 0) is 30.7 Å². The molecule has 0 aliphatic carbocycles. The largest absolute Gasteiger partial charge is 0.381 e. The zero-order chi connectivity index (χ0) is 13.5. The SMILES string of the molecule is CCOCc1ccccc1NCc1ccc(Br)cc1. The number of hydrogen-bond donors (Lipinski definition) is 1. The highest BCUT2D eigenvalue weighted by molar-refractivity contribution is 9.10. The summed E-state index contributed by atoms with van der Waals surface area (Å²) in [7, 11) is 0. The molecule has 0 aliphatic heterocycles. The van der Waals surface area contributed by atoms with Crippen LogP contribution in [0.25, 0.3) is 0 Å². The maximum Gasteiger partial charge on any atom is 0.0736 e. The Bertz CT molecular complexity index is 510. The van der Waals surface area contributed by atoms with Crippen LogP contribution in [0.3, 0.4) is 0 Å². The molecule has 2 aromatic rings. The van der Waals surface area contributed by atoms with Crippen molar-refractivity contribution in [3.05, 3.63) is 64.1 Å². The third-order valence-corrected chi connectivity index (χ3v) is 3.40. The van der Waals surface area contributed by atoms with Crippen molar-refractivity contribution in [1.29, 1.82) is 0 Å². The second-order valence-corrected chi connectivity index (χ2v) is 5.19. The Morgan fingerprint density at radius 1 is 1.05 bits per heavy atom. The zero-order valence-corrected chi connectivity index (χ0v) is 12.6. The molecule has 2 aromatic carbocycles. The van der Waals surface area contributed by atoms with Crippen LogP contribution in [0, 0.1) is 0 Å². The van der Waals surface area contributed by atoms with Gasteiger partial charge in [0, 0.05) is 28.9 Å². The lowest BCUT2D eigenvalue weighted by molar-refractivity contribution is 0.134. The second kappa shape index (κ2) is 7.31. The number of para-hydroxylation sites is 1. The Labute approximate surface area is 122 Å². The molecule has 0 heterocycles. The number of nitrogens with one attached hydrogen (secondary N) is 1. The van der Waals surface area contributed by atoms with Crippen molar-refractivity contribution in [3.8, 4) is 0 Å². The van der Waals surface area contributed by atoms with Gasteiger partial charge in [-0.2, -0.15) is 0 Å². The first-order chi connectivity index (χ1) is 9.29. The van der Waals surface area contributed by atoms with E-state index < -0.39 is 0 Å². The molecule has 2 rings (SSSR count). The predicted molar refractivity (Wildman–Crippen MR) is 83.2 cm³/mol. The first-order valence-corrected chi connectivity index (χ1v) is 7.23. The summed E-state index contributed by atoms with van der Waals surface area (Å²) in [5.41, 5.74) is 3.59. The molecule has 3 heteroatoms. The van der Waals surface area contributed by atoms with Crippen LogP contribution in [0.4, 0.5) is 5.69 Å². The van der Waals surface area contributed by atoms with Gasteiger partial charge in [-0.25, -0.2) is 0 Å². The summed E-state index contributed by atoms with van der Waals surface area (Å²) in [6, 6.07) is 16.6. The Hall–Kier alpha value is -1.32. The second-order valence-electron chi connectivity index (χ2n) is 4.27. The molecule has 2 nitrogen and oxygen atoms in total. The van der Waals surface area contributed by atoms with E-state index >= 15 is 0 Å². The molecular weight excluding hydrogens is 302 g/mol. The smallest absolute Gasteiger partial charge is 0.0736 e. The molecule has 1 N–H and O–H groups in total. The summed E-state index contributed by atoms with van der Waals surface area (Å²) in [6.07, 6.45) is 0. The van der Waals surface area contributed by atoms with Crippen molar-refractivity contribution in [2.24, 2.45) is 0 Å². The lowest BCUT2D eigenvalue weighted by Crippen LogP contribution is -2.03. The number of hydrogen-bond acceptors (Lipinski definition) is 2. The standard InChI is InChI=1S/C16H18BrNO/c1-2-19-12-14-5-3-4-6-16(14)18-11-13-7-9-15(17)10-8-13/h3-10,18H,2,11-12H2,1H3. The average molecular weight is 320 g/mol. The van der Waals surface area contributed by atoms with Crippen molar-refractivity contribution in [2.45, 2.75) is 20.1 Å². The predicted octanol–water partition coefficient (Wildman–Crippen LogP) is 4.60. The van der Waals surface area contributed by atoms with Gasteiger partial charge in [0.05, 0.1) is 6.61 Å². The van der Waals surface area contributed by atoms with E-state index in [0.717, 1.165) is 23.3 Å².